The van der Waals surface area contributed by atoms with Crippen LogP contribution in [0.5, 0.6) is 0 Å². The van der Waals surface area contributed by atoms with Crippen LogP contribution in [0, 0.1) is 12.8 Å². The molecule has 4 nitrogen and oxygen atoms in total. The maximum Gasteiger partial charge on any atom is 0.191 e. The molecule has 17 heavy (non-hydrogen) atoms. The SMILES string of the molecule is CN=C(NCCc1csc(C)n1)NC1CC1C. The summed E-state index contributed by atoms with van der Waals surface area (Å²) in [6.07, 6.45) is 2.21. The standard InChI is InChI=1S/C12H20N4S/c1-8-6-11(8)16-12(13-3)14-5-4-10-7-17-9(2)15-10/h7-8,11H,4-6H2,1-3H3,(H2,13,14,16). The molecule has 94 valence electrons. The van der Waals surface area contributed by atoms with E-state index in [9.17, 15) is 0 Å². The van der Waals surface area contributed by atoms with Crippen molar-refractivity contribution in [3.05, 3.63) is 16.1 Å². The Labute approximate surface area is 107 Å². The minimum Gasteiger partial charge on any atom is -0.356 e. The lowest BCUT2D eigenvalue weighted by molar-refractivity contribution is 0.754. The van der Waals surface area contributed by atoms with Crippen molar-refractivity contribution < 1.29 is 0 Å². The summed E-state index contributed by atoms with van der Waals surface area (Å²) >= 11 is 1.71. The topological polar surface area (TPSA) is 49.3 Å². The third-order valence-corrected chi connectivity index (χ3v) is 3.82. The number of aliphatic imine (C=N–C) groups is 1. The molecule has 1 fully saturated rings. The fourth-order valence-electron chi connectivity index (χ4n) is 1.73. The van der Waals surface area contributed by atoms with Crippen molar-refractivity contribution in [2.75, 3.05) is 13.6 Å². The van der Waals surface area contributed by atoms with E-state index in [1.165, 1.54) is 6.42 Å². The summed E-state index contributed by atoms with van der Waals surface area (Å²) in [5, 5.41) is 9.98. The molecule has 1 saturated carbocycles. The fraction of sp³-hybridized carbons (Fsp3) is 0.667. The van der Waals surface area contributed by atoms with Crippen LogP contribution in [-0.4, -0.2) is 30.6 Å². The highest BCUT2D eigenvalue weighted by Gasteiger charge is 2.33. The maximum absolute atomic E-state index is 4.44. The van der Waals surface area contributed by atoms with E-state index < -0.39 is 0 Å². The van der Waals surface area contributed by atoms with Crippen LogP contribution >= 0.6 is 11.3 Å². The van der Waals surface area contributed by atoms with Crippen LogP contribution in [0.2, 0.25) is 0 Å². The zero-order valence-corrected chi connectivity index (χ0v) is 11.5. The van der Waals surface area contributed by atoms with Gasteiger partial charge in [-0.2, -0.15) is 0 Å². The van der Waals surface area contributed by atoms with Crippen molar-refractivity contribution in [2.24, 2.45) is 10.9 Å². The van der Waals surface area contributed by atoms with Gasteiger partial charge in [0.15, 0.2) is 5.96 Å². The number of nitrogens with one attached hydrogen (secondary N) is 2. The van der Waals surface area contributed by atoms with E-state index in [4.69, 9.17) is 0 Å². The second kappa shape index (κ2) is 5.49. The average Bonchev–Trinajstić information content (AvgIpc) is 2.82. The molecule has 0 saturated heterocycles. The minimum atomic E-state index is 0.614. The van der Waals surface area contributed by atoms with Crippen LogP contribution in [0.1, 0.15) is 24.0 Å². The number of aromatic nitrogens is 1. The van der Waals surface area contributed by atoms with Gasteiger partial charge in [-0.15, -0.1) is 11.3 Å². The Balaban J connectivity index is 1.69. The van der Waals surface area contributed by atoms with Gasteiger partial charge in [-0.25, -0.2) is 4.98 Å². The third kappa shape index (κ3) is 3.70. The molecule has 1 aliphatic carbocycles. The van der Waals surface area contributed by atoms with Crippen LogP contribution in [-0.2, 0) is 6.42 Å². The second-order valence-corrected chi connectivity index (χ2v) is 5.63. The Morgan fingerprint density at radius 1 is 1.65 bits per heavy atom. The zero-order chi connectivity index (χ0) is 12.3. The molecule has 0 amide bonds. The lowest BCUT2D eigenvalue weighted by Crippen LogP contribution is -2.39. The fourth-order valence-corrected chi connectivity index (χ4v) is 2.37. The molecule has 5 heteroatoms. The van der Waals surface area contributed by atoms with Gasteiger partial charge in [0.25, 0.3) is 0 Å². The lowest BCUT2D eigenvalue weighted by atomic mass is 10.3. The summed E-state index contributed by atoms with van der Waals surface area (Å²) in [5.41, 5.74) is 1.16. The first-order valence-corrected chi connectivity index (χ1v) is 6.95. The van der Waals surface area contributed by atoms with Gasteiger partial charge in [0.05, 0.1) is 10.7 Å². The molecule has 0 aliphatic heterocycles. The van der Waals surface area contributed by atoms with Crippen molar-refractivity contribution in [3.8, 4) is 0 Å². The molecule has 0 aromatic carbocycles. The van der Waals surface area contributed by atoms with Gasteiger partial charge >= 0.3 is 0 Å². The van der Waals surface area contributed by atoms with Crippen LogP contribution in [0.15, 0.2) is 10.4 Å². The van der Waals surface area contributed by atoms with Crippen LogP contribution < -0.4 is 10.6 Å². The highest BCUT2D eigenvalue weighted by molar-refractivity contribution is 7.09. The second-order valence-electron chi connectivity index (χ2n) is 4.57. The van der Waals surface area contributed by atoms with Crippen molar-refractivity contribution in [2.45, 2.75) is 32.7 Å². The number of nitrogens with zero attached hydrogens (tertiary/aromatic N) is 2. The quantitative estimate of drug-likeness (QED) is 0.631. The first-order chi connectivity index (χ1) is 8.19. The molecule has 1 aromatic heterocycles. The Morgan fingerprint density at radius 2 is 2.41 bits per heavy atom. The lowest BCUT2D eigenvalue weighted by Gasteiger charge is -2.10. The summed E-state index contributed by atoms with van der Waals surface area (Å²) in [4.78, 5) is 8.65. The molecule has 2 atom stereocenters. The van der Waals surface area contributed by atoms with Crippen molar-refractivity contribution >= 4 is 17.3 Å². The summed E-state index contributed by atoms with van der Waals surface area (Å²) in [5.74, 6) is 1.70. The number of guanidine groups is 1. The summed E-state index contributed by atoms with van der Waals surface area (Å²) in [6, 6.07) is 0.614. The average molecular weight is 252 g/mol. The largest absolute Gasteiger partial charge is 0.356 e. The van der Waals surface area contributed by atoms with E-state index in [0.29, 0.717) is 6.04 Å². The third-order valence-electron chi connectivity index (χ3n) is 3.00. The van der Waals surface area contributed by atoms with Gasteiger partial charge in [0.1, 0.15) is 0 Å². The normalized spacial score (nSPS) is 23.6. The Hall–Kier alpha value is -1.10. The number of thiazole rings is 1. The number of hydrogen-bond donors (Lipinski definition) is 2. The predicted octanol–water partition coefficient (Wildman–Crippen LogP) is 1.57. The van der Waals surface area contributed by atoms with Crippen molar-refractivity contribution in [1.82, 2.24) is 15.6 Å². The maximum atomic E-state index is 4.44. The van der Waals surface area contributed by atoms with Gasteiger partial charge in [0, 0.05) is 31.4 Å². The van der Waals surface area contributed by atoms with Gasteiger partial charge in [-0.05, 0) is 19.3 Å². The van der Waals surface area contributed by atoms with E-state index in [1.54, 1.807) is 11.3 Å². The van der Waals surface area contributed by atoms with E-state index in [-0.39, 0.29) is 0 Å². The van der Waals surface area contributed by atoms with Gasteiger partial charge in [0.2, 0.25) is 0 Å². The molecular weight excluding hydrogens is 232 g/mol. The van der Waals surface area contributed by atoms with Crippen LogP contribution in [0.3, 0.4) is 0 Å². The molecular formula is C12H20N4S. The molecule has 2 N–H and O–H groups in total. The number of hydrogen-bond acceptors (Lipinski definition) is 3. The molecule has 2 rings (SSSR count). The van der Waals surface area contributed by atoms with Crippen LogP contribution in [0.25, 0.3) is 0 Å². The number of rotatable bonds is 4. The van der Waals surface area contributed by atoms with E-state index >= 15 is 0 Å². The highest BCUT2D eigenvalue weighted by atomic mass is 32.1. The monoisotopic (exact) mass is 252 g/mol. The summed E-state index contributed by atoms with van der Waals surface area (Å²) in [7, 11) is 1.81. The minimum absolute atomic E-state index is 0.614. The molecule has 0 bridgehead atoms. The highest BCUT2D eigenvalue weighted by Crippen LogP contribution is 2.28. The predicted molar refractivity (Wildman–Crippen MR) is 72.6 cm³/mol. The van der Waals surface area contributed by atoms with Gasteiger partial charge in [-0.1, -0.05) is 6.92 Å². The van der Waals surface area contributed by atoms with Gasteiger partial charge in [-0.3, -0.25) is 4.99 Å². The number of aryl methyl sites for hydroxylation is 1. The van der Waals surface area contributed by atoms with Crippen LogP contribution in [0.4, 0.5) is 0 Å². The molecule has 0 spiro atoms. The van der Waals surface area contributed by atoms with Gasteiger partial charge < -0.3 is 10.6 Å². The molecule has 1 aromatic rings. The smallest absolute Gasteiger partial charge is 0.191 e. The van der Waals surface area contributed by atoms with E-state index in [1.807, 2.05) is 14.0 Å². The molecule has 1 aliphatic rings. The van der Waals surface area contributed by atoms with Crippen molar-refractivity contribution in [3.63, 3.8) is 0 Å². The Bertz CT molecular complexity index is 399. The Kier molecular flexibility index (Phi) is 3.99. The van der Waals surface area contributed by atoms with Crippen molar-refractivity contribution in [1.29, 1.82) is 0 Å². The first-order valence-electron chi connectivity index (χ1n) is 6.07. The van der Waals surface area contributed by atoms with E-state index in [0.717, 1.165) is 35.5 Å². The first kappa shape index (κ1) is 12.4. The summed E-state index contributed by atoms with van der Waals surface area (Å²) < 4.78 is 0. The molecule has 2 unspecified atom stereocenters. The molecule has 1 heterocycles. The zero-order valence-electron chi connectivity index (χ0n) is 10.7. The summed E-state index contributed by atoms with van der Waals surface area (Å²) in [6.45, 7) is 5.17. The van der Waals surface area contributed by atoms with E-state index in [2.05, 4.69) is 32.9 Å². The Morgan fingerprint density at radius 3 is 2.94 bits per heavy atom. The molecule has 0 radical (unpaired) electrons.